The zero-order chi connectivity index (χ0) is 19.1. The summed E-state index contributed by atoms with van der Waals surface area (Å²) in [7, 11) is 1.56. The number of carbonyl (C=O) groups is 2. The third-order valence-corrected chi connectivity index (χ3v) is 4.82. The lowest BCUT2D eigenvalue weighted by Gasteiger charge is -2.08. The van der Waals surface area contributed by atoms with Gasteiger partial charge >= 0.3 is 0 Å². The van der Waals surface area contributed by atoms with Crippen LogP contribution in [-0.2, 0) is 17.8 Å². The van der Waals surface area contributed by atoms with Crippen molar-refractivity contribution in [2.45, 2.75) is 13.0 Å². The number of ether oxygens (including phenoxy) is 1. The minimum absolute atomic E-state index is 0.0310. The number of rotatable bonds is 7. The largest absolute Gasteiger partial charge is 0.497 e. The smallest absolute Gasteiger partial charge is 0.255 e. The molecule has 0 aliphatic carbocycles. The summed E-state index contributed by atoms with van der Waals surface area (Å²) in [4.78, 5) is 25.5. The number of hydrogen-bond acceptors (Lipinski definition) is 4. The summed E-state index contributed by atoms with van der Waals surface area (Å²) in [6.07, 6.45) is 0.301. The molecule has 27 heavy (non-hydrogen) atoms. The molecule has 5 nitrogen and oxygen atoms in total. The molecule has 6 heteroatoms. The van der Waals surface area contributed by atoms with Crippen molar-refractivity contribution < 1.29 is 14.3 Å². The summed E-state index contributed by atoms with van der Waals surface area (Å²) < 4.78 is 5.13. The second-order valence-electron chi connectivity index (χ2n) is 5.92. The lowest BCUT2D eigenvalue weighted by molar-refractivity contribution is -0.120. The lowest BCUT2D eigenvalue weighted by atomic mass is 10.1. The molecule has 0 unspecified atom stereocenters. The van der Waals surface area contributed by atoms with Crippen molar-refractivity contribution in [2.75, 3.05) is 12.4 Å². The Labute approximate surface area is 162 Å². The van der Waals surface area contributed by atoms with Gasteiger partial charge in [-0.05, 0) is 47.3 Å². The quantitative estimate of drug-likeness (QED) is 0.654. The standard InChI is InChI=1S/C21H20N2O3S/c1-26-18-5-2-4-16(13-18)21(25)23-17-9-7-15(8-10-17)12-20(24)22-14-19-6-3-11-27-19/h2-11,13H,12,14H2,1H3,(H,22,24)(H,23,25). The second kappa shape index (κ2) is 9.00. The van der Waals surface area contributed by atoms with Crippen molar-refractivity contribution in [3.8, 4) is 5.75 Å². The number of hydrogen-bond donors (Lipinski definition) is 2. The summed E-state index contributed by atoms with van der Waals surface area (Å²) >= 11 is 1.62. The Morgan fingerprint density at radius 1 is 1.04 bits per heavy atom. The molecule has 0 aliphatic rings. The highest BCUT2D eigenvalue weighted by molar-refractivity contribution is 7.09. The van der Waals surface area contributed by atoms with E-state index in [0.717, 1.165) is 10.4 Å². The first-order valence-electron chi connectivity index (χ1n) is 8.47. The highest BCUT2D eigenvalue weighted by Gasteiger charge is 2.08. The van der Waals surface area contributed by atoms with Gasteiger partial charge in [0.1, 0.15) is 5.75 Å². The predicted molar refractivity (Wildman–Crippen MR) is 107 cm³/mol. The molecule has 138 valence electrons. The Morgan fingerprint density at radius 3 is 2.56 bits per heavy atom. The first-order chi connectivity index (χ1) is 13.1. The first-order valence-corrected chi connectivity index (χ1v) is 9.35. The monoisotopic (exact) mass is 380 g/mol. The van der Waals surface area contributed by atoms with E-state index in [4.69, 9.17) is 4.74 Å². The number of carbonyl (C=O) groups excluding carboxylic acids is 2. The van der Waals surface area contributed by atoms with E-state index in [1.54, 1.807) is 54.8 Å². The highest BCUT2D eigenvalue weighted by atomic mass is 32.1. The summed E-state index contributed by atoms with van der Waals surface area (Å²) in [5, 5.41) is 7.73. The average Bonchev–Trinajstić information content (AvgIpc) is 3.21. The van der Waals surface area contributed by atoms with Crippen molar-refractivity contribution in [2.24, 2.45) is 0 Å². The van der Waals surface area contributed by atoms with E-state index in [-0.39, 0.29) is 11.8 Å². The van der Waals surface area contributed by atoms with Gasteiger partial charge in [-0.3, -0.25) is 9.59 Å². The highest BCUT2D eigenvalue weighted by Crippen LogP contribution is 2.16. The van der Waals surface area contributed by atoms with E-state index in [2.05, 4.69) is 10.6 Å². The minimum atomic E-state index is -0.213. The molecule has 0 aliphatic heterocycles. The molecule has 0 bridgehead atoms. The second-order valence-corrected chi connectivity index (χ2v) is 6.95. The first kappa shape index (κ1) is 18.7. The van der Waals surface area contributed by atoms with Gasteiger partial charge in [0.15, 0.2) is 0 Å². The molecule has 0 fully saturated rings. The molecular formula is C21H20N2O3S. The van der Waals surface area contributed by atoms with Crippen LogP contribution >= 0.6 is 11.3 Å². The Bertz CT molecular complexity index is 905. The van der Waals surface area contributed by atoms with Crippen LogP contribution < -0.4 is 15.4 Å². The van der Waals surface area contributed by atoms with Gasteiger partial charge in [-0.2, -0.15) is 0 Å². The summed E-state index contributed by atoms with van der Waals surface area (Å²) in [5.74, 6) is 0.387. The number of benzene rings is 2. The van der Waals surface area contributed by atoms with Crippen LogP contribution in [0.3, 0.4) is 0 Å². The van der Waals surface area contributed by atoms with Crippen LogP contribution in [0.25, 0.3) is 0 Å². The maximum Gasteiger partial charge on any atom is 0.255 e. The molecule has 1 aromatic heterocycles. The zero-order valence-electron chi connectivity index (χ0n) is 14.9. The molecule has 1 heterocycles. The van der Waals surface area contributed by atoms with E-state index < -0.39 is 0 Å². The molecule has 0 saturated heterocycles. The third-order valence-electron chi connectivity index (χ3n) is 3.95. The van der Waals surface area contributed by atoms with E-state index in [9.17, 15) is 9.59 Å². The van der Waals surface area contributed by atoms with Crippen molar-refractivity contribution >= 4 is 28.8 Å². The Morgan fingerprint density at radius 2 is 1.85 bits per heavy atom. The molecule has 3 aromatic rings. The molecule has 2 amide bonds. The number of anilines is 1. The maximum absolute atomic E-state index is 12.3. The molecule has 0 radical (unpaired) electrons. The molecule has 3 rings (SSSR count). The number of thiophene rings is 1. The van der Waals surface area contributed by atoms with Gasteiger partial charge in [0.25, 0.3) is 5.91 Å². The fraction of sp³-hybridized carbons (Fsp3) is 0.143. The molecule has 2 N–H and O–H groups in total. The van der Waals surface area contributed by atoms with E-state index in [0.29, 0.717) is 30.0 Å². The SMILES string of the molecule is COc1cccc(C(=O)Nc2ccc(CC(=O)NCc3cccs3)cc2)c1. The van der Waals surface area contributed by atoms with Crippen LogP contribution in [0.2, 0.25) is 0 Å². The summed E-state index contributed by atoms with van der Waals surface area (Å²) in [5.41, 5.74) is 2.08. The molecular weight excluding hydrogens is 360 g/mol. The van der Waals surface area contributed by atoms with Crippen molar-refractivity contribution in [3.63, 3.8) is 0 Å². The molecule has 0 atom stereocenters. The van der Waals surface area contributed by atoms with Gasteiger partial charge in [-0.25, -0.2) is 0 Å². The Hall–Kier alpha value is -3.12. The van der Waals surface area contributed by atoms with Gasteiger partial charge in [0.2, 0.25) is 5.91 Å². The van der Waals surface area contributed by atoms with Gasteiger partial charge in [-0.15, -0.1) is 11.3 Å². The number of amides is 2. The van der Waals surface area contributed by atoms with Crippen LogP contribution in [0.1, 0.15) is 20.8 Å². The van der Waals surface area contributed by atoms with Crippen LogP contribution in [0, 0.1) is 0 Å². The van der Waals surface area contributed by atoms with E-state index >= 15 is 0 Å². The zero-order valence-corrected chi connectivity index (χ0v) is 15.7. The van der Waals surface area contributed by atoms with Crippen molar-refractivity contribution in [1.29, 1.82) is 0 Å². The fourth-order valence-corrected chi connectivity index (χ4v) is 3.16. The van der Waals surface area contributed by atoms with Gasteiger partial charge in [0, 0.05) is 16.1 Å². The topological polar surface area (TPSA) is 67.4 Å². The lowest BCUT2D eigenvalue weighted by Crippen LogP contribution is -2.24. The normalized spacial score (nSPS) is 10.3. The van der Waals surface area contributed by atoms with Gasteiger partial charge in [-0.1, -0.05) is 24.3 Å². The van der Waals surface area contributed by atoms with Crippen LogP contribution in [-0.4, -0.2) is 18.9 Å². The van der Waals surface area contributed by atoms with Gasteiger partial charge < -0.3 is 15.4 Å². The molecule has 2 aromatic carbocycles. The van der Waals surface area contributed by atoms with Crippen molar-refractivity contribution in [1.82, 2.24) is 5.32 Å². The third kappa shape index (κ3) is 5.43. The van der Waals surface area contributed by atoms with E-state index in [1.807, 2.05) is 29.6 Å². The predicted octanol–water partition coefficient (Wildman–Crippen LogP) is 3.87. The molecule has 0 saturated carbocycles. The van der Waals surface area contributed by atoms with Crippen LogP contribution in [0.4, 0.5) is 5.69 Å². The Balaban J connectivity index is 1.53. The number of nitrogens with one attached hydrogen (secondary N) is 2. The summed E-state index contributed by atoms with van der Waals surface area (Å²) in [6.45, 7) is 0.547. The van der Waals surface area contributed by atoms with Crippen molar-refractivity contribution in [3.05, 3.63) is 82.0 Å². The minimum Gasteiger partial charge on any atom is -0.497 e. The van der Waals surface area contributed by atoms with Gasteiger partial charge in [0.05, 0.1) is 20.1 Å². The molecule has 0 spiro atoms. The maximum atomic E-state index is 12.3. The average molecular weight is 380 g/mol. The van der Waals surface area contributed by atoms with Crippen LogP contribution in [0.15, 0.2) is 66.0 Å². The van der Waals surface area contributed by atoms with Crippen LogP contribution in [0.5, 0.6) is 5.75 Å². The number of methoxy groups -OCH3 is 1. The summed E-state index contributed by atoms with van der Waals surface area (Å²) in [6, 6.07) is 18.2. The fourth-order valence-electron chi connectivity index (χ4n) is 2.52. The van der Waals surface area contributed by atoms with E-state index in [1.165, 1.54) is 0 Å². The Kier molecular flexibility index (Phi) is 6.22.